The Hall–Kier alpha value is -1.29. The van der Waals surface area contributed by atoms with Crippen molar-refractivity contribution in [1.82, 2.24) is 0 Å². The fraction of sp³-hybridized carbons (Fsp3) is 0.333. The number of benzene rings is 1. The maximum absolute atomic E-state index is 11.9. The first kappa shape index (κ1) is 11.2. The van der Waals surface area contributed by atoms with E-state index >= 15 is 0 Å². The molecule has 1 N–H and O–H groups in total. The highest BCUT2D eigenvalue weighted by Gasteiger charge is 2.31. The lowest BCUT2D eigenvalue weighted by Crippen LogP contribution is -2.25. The quantitative estimate of drug-likeness (QED) is 0.814. The van der Waals surface area contributed by atoms with Crippen LogP contribution in [0.5, 0.6) is 0 Å². The van der Waals surface area contributed by atoms with Crippen LogP contribution in [-0.4, -0.2) is 21.6 Å². The SMILES string of the molecule is CC1(C)CC(=O)c2cc(C(=O)O)ccc2S1. The van der Waals surface area contributed by atoms with E-state index in [4.69, 9.17) is 5.11 Å². The van der Waals surface area contributed by atoms with Gasteiger partial charge in [-0.2, -0.15) is 0 Å². The summed E-state index contributed by atoms with van der Waals surface area (Å²) in [6.07, 6.45) is 0.452. The number of fused-ring (bicyclic) bond motifs is 1. The molecule has 1 aliphatic heterocycles. The van der Waals surface area contributed by atoms with Gasteiger partial charge in [0.15, 0.2) is 5.78 Å². The molecule has 0 radical (unpaired) electrons. The monoisotopic (exact) mass is 236 g/mol. The molecule has 4 heteroatoms. The van der Waals surface area contributed by atoms with Crippen molar-refractivity contribution in [3.05, 3.63) is 29.3 Å². The summed E-state index contributed by atoms with van der Waals surface area (Å²) in [6.45, 7) is 4.03. The Kier molecular flexibility index (Phi) is 2.54. The maximum Gasteiger partial charge on any atom is 0.335 e. The van der Waals surface area contributed by atoms with Crippen LogP contribution in [0, 0.1) is 0 Å². The summed E-state index contributed by atoms with van der Waals surface area (Å²) >= 11 is 1.62. The smallest absolute Gasteiger partial charge is 0.335 e. The Balaban J connectivity index is 2.49. The van der Waals surface area contributed by atoms with Crippen LogP contribution in [0.15, 0.2) is 23.1 Å². The fourth-order valence-corrected chi connectivity index (χ4v) is 3.00. The van der Waals surface area contributed by atoms with Crippen LogP contribution in [-0.2, 0) is 0 Å². The normalized spacial score (nSPS) is 18.0. The largest absolute Gasteiger partial charge is 0.478 e. The van der Waals surface area contributed by atoms with E-state index in [1.165, 1.54) is 6.07 Å². The third-order valence-corrected chi connectivity index (χ3v) is 3.77. The van der Waals surface area contributed by atoms with E-state index in [9.17, 15) is 9.59 Å². The molecule has 0 amide bonds. The molecule has 1 aliphatic rings. The average Bonchev–Trinajstić information content (AvgIpc) is 2.15. The van der Waals surface area contributed by atoms with Gasteiger partial charge in [0.25, 0.3) is 0 Å². The standard InChI is InChI=1S/C12H12O3S/c1-12(2)6-9(13)8-5-7(11(14)15)3-4-10(8)16-12/h3-5H,6H2,1-2H3,(H,14,15). The molecule has 3 nitrogen and oxygen atoms in total. The second-order valence-electron chi connectivity index (χ2n) is 4.48. The van der Waals surface area contributed by atoms with Crippen molar-refractivity contribution >= 4 is 23.5 Å². The molecule has 84 valence electrons. The molecule has 0 atom stereocenters. The topological polar surface area (TPSA) is 54.4 Å². The number of carboxylic acids is 1. The molecule has 0 saturated heterocycles. The van der Waals surface area contributed by atoms with Gasteiger partial charge in [-0.05, 0) is 32.0 Å². The van der Waals surface area contributed by atoms with Crippen LogP contribution < -0.4 is 0 Å². The van der Waals surface area contributed by atoms with Gasteiger partial charge in [-0.15, -0.1) is 11.8 Å². The maximum atomic E-state index is 11.9. The molecule has 0 aromatic heterocycles. The van der Waals surface area contributed by atoms with Crippen molar-refractivity contribution in [3.8, 4) is 0 Å². The first-order valence-corrected chi connectivity index (χ1v) is 5.80. The third kappa shape index (κ3) is 1.97. The molecule has 1 aromatic carbocycles. The van der Waals surface area contributed by atoms with Crippen LogP contribution in [0.25, 0.3) is 0 Å². The number of aromatic carboxylic acids is 1. The van der Waals surface area contributed by atoms with E-state index in [-0.39, 0.29) is 16.1 Å². The van der Waals surface area contributed by atoms with Gasteiger partial charge in [0, 0.05) is 21.6 Å². The number of rotatable bonds is 1. The minimum absolute atomic E-state index is 0.0295. The lowest BCUT2D eigenvalue weighted by atomic mass is 9.98. The van der Waals surface area contributed by atoms with E-state index < -0.39 is 5.97 Å². The molecule has 0 fully saturated rings. The lowest BCUT2D eigenvalue weighted by Gasteiger charge is -2.29. The summed E-state index contributed by atoms with van der Waals surface area (Å²) in [4.78, 5) is 23.6. The first-order valence-electron chi connectivity index (χ1n) is 4.99. The van der Waals surface area contributed by atoms with Crippen molar-refractivity contribution in [3.63, 3.8) is 0 Å². The van der Waals surface area contributed by atoms with Crippen molar-refractivity contribution in [2.75, 3.05) is 0 Å². The highest BCUT2D eigenvalue weighted by molar-refractivity contribution is 8.00. The molecular weight excluding hydrogens is 224 g/mol. The predicted octanol–water partition coefficient (Wildman–Crippen LogP) is 2.84. The van der Waals surface area contributed by atoms with E-state index in [0.29, 0.717) is 12.0 Å². The van der Waals surface area contributed by atoms with E-state index in [2.05, 4.69) is 0 Å². The average molecular weight is 236 g/mol. The first-order chi connectivity index (χ1) is 7.39. The van der Waals surface area contributed by atoms with Gasteiger partial charge in [0.2, 0.25) is 0 Å². The Morgan fingerprint density at radius 2 is 2.12 bits per heavy atom. The summed E-state index contributed by atoms with van der Waals surface area (Å²) in [5, 5.41) is 8.86. The van der Waals surface area contributed by atoms with Crippen molar-refractivity contribution in [2.45, 2.75) is 29.9 Å². The van der Waals surface area contributed by atoms with Crippen LogP contribution >= 0.6 is 11.8 Å². The van der Waals surface area contributed by atoms with Gasteiger partial charge in [-0.1, -0.05) is 0 Å². The Morgan fingerprint density at radius 3 is 2.75 bits per heavy atom. The summed E-state index contributed by atoms with van der Waals surface area (Å²) in [6, 6.07) is 4.74. The van der Waals surface area contributed by atoms with E-state index in [0.717, 1.165) is 4.90 Å². The molecule has 0 aliphatic carbocycles. The molecule has 0 spiro atoms. The third-order valence-electron chi connectivity index (χ3n) is 2.50. The zero-order valence-electron chi connectivity index (χ0n) is 9.11. The number of thioether (sulfide) groups is 1. The molecule has 0 saturated carbocycles. The molecule has 16 heavy (non-hydrogen) atoms. The molecule has 1 heterocycles. The molecular formula is C12H12O3S. The number of ketones is 1. The summed E-state index contributed by atoms with van der Waals surface area (Å²) in [5.74, 6) is -0.965. The fourth-order valence-electron chi connectivity index (χ4n) is 1.79. The van der Waals surface area contributed by atoms with Gasteiger partial charge < -0.3 is 5.11 Å². The van der Waals surface area contributed by atoms with Crippen molar-refractivity contribution < 1.29 is 14.7 Å². The molecule has 0 unspecified atom stereocenters. The number of carbonyl (C=O) groups is 2. The van der Waals surface area contributed by atoms with Crippen LogP contribution in [0.3, 0.4) is 0 Å². The zero-order chi connectivity index (χ0) is 11.9. The predicted molar refractivity (Wildman–Crippen MR) is 62.3 cm³/mol. The van der Waals surface area contributed by atoms with Crippen LogP contribution in [0.1, 0.15) is 41.0 Å². The second-order valence-corrected chi connectivity index (χ2v) is 6.23. The minimum Gasteiger partial charge on any atom is -0.478 e. The molecule has 1 aromatic rings. The number of carbonyl (C=O) groups excluding carboxylic acids is 1. The number of hydrogen-bond donors (Lipinski definition) is 1. The van der Waals surface area contributed by atoms with Crippen LogP contribution in [0.2, 0.25) is 0 Å². The molecule has 0 bridgehead atoms. The number of carboxylic acid groups (broad SMARTS) is 1. The van der Waals surface area contributed by atoms with Crippen LogP contribution in [0.4, 0.5) is 0 Å². The second kappa shape index (κ2) is 3.63. The van der Waals surface area contributed by atoms with Gasteiger partial charge in [0.1, 0.15) is 0 Å². The summed E-state index contributed by atoms with van der Waals surface area (Å²) in [5.41, 5.74) is 0.719. The van der Waals surface area contributed by atoms with Gasteiger partial charge in [-0.3, -0.25) is 4.79 Å². The lowest BCUT2D eigenvalue weighted by molar-refractivity contribution is 0.0697. The van der Waals surface area contributed by atoms with E-state index in [1.807, 2.05) is 13.8 Å². The minimum atomic E-state index is -0.995. The van der Waals surface area contributed by atoms with Crippen molar-refractivity contribution in [2.24, 2.45) is 0 Å². The Morgan fingerprint density at radius 1 is 1.44 bits per heavy atom. The Labute approximate surface area is 97.9 Å². The Bertz CT molecular complexity index is 477. The summed E-state index contributed by atoms with van der Waals surface area (Å²) < 4.78 is -0.102. The highest BCUT2D eigenvalue weighted by atomic mass is 32.2. The zero-order valence-corrected chi connectivity index (χ0v) is 9.93. The van der Waals surface area contributed by atoms with Gasteiger partial charge >= 0.3 is 5.97 Å². The molecule has 2 rings (SSSR count). The number of Topliss-reactive ketones (excluding diaryl/α,β-unsaturated/α-hetero) is 1. The van der Waals surface area contributed by atoms with Gasteiger partial charge in [-0.25, -0.2) is 4.79 Å². The van der Waals surface area contributed by atoms with Crippen molar-refractivity contribution in [1.29, 1.82) is 0 Å². The highest BCUT2D eigenvalue weighted by Crippen LogP contribution is 2.42. The summed E-state index contributed by atoms with van der Waals surface area (Å²) in [7, 11) is 0. The van der Waals surface area contributed by atoms with Gasteiger partial charge in [0.05, 0.1) is 5.56 Å². The van der Waals surface area contributed by atoms with E-state index in [1.54, 1.807) is 23.9 Å². The number of hydrogen-bond acceptors (Lipinski definition) is 3.